The fourth-order valence-corrected chi connectivity index (χ4v) is 0.824. The van der Waals surface area contributed by atoms with Gasteiger partial charge in [-0.2, -0.15) is 0 Å². The molecule has 0 spiro atoms. The van der Waals surface area contributed by atoms with E-state index < -0.39 is 11.7 Å². The molecule has 0 aliphatic carbocycles. The van der Waals surface area contributed by atoms with Crippen LogP contribution in [0, 0.1) is 13.1 Å². The van der Waals surface area contributed by atoms with Crippen molar-refractivity contribution in [3.8, 4) is 0 Å². The standard InChI is InChI=1S/C9H13N2O2/c1-7-10-5-6-11(7)8(12)13-9(2,3)4/h5H,1-4H3. The highest BCUT2D eigenvalue weighted by molar-refractivity contribution is 5.71. The van der Waals surface area contributed by atoms with E-state index in [-0.39, 0.29) is 0 Å². The molecule has 0 aromatic carbocycles. The molecule has 1 aromatic heterocycles. The van der Waals surface area contributed by atoms with Crippen LogP contribution in [0.5, 0.6) is 0 Å². The zero-order valence-corrected chi connectivity index (χ0v) is 8.29. The van der Waals surface area contributed by atoms with E-state index in [0.717, 1.165) is 0 Å². The molecule has 0 unspecified atom stereocenters. The van der Waals surface area contributed by atoms with E-state index >= 15 is 0 Å². The van der Waals surface area contributed by atoms with Gasteiger partial charge in [-0.3, -0.25) is 0 Å². The molecule has 1 heterocycles. The summed E-state index contributed by atoms with van der Waals surface area (Å²) in [4.78, 5) is 15.3. The summed E-state index contributed by atoms with van der Waals surface area (Å²) in [5, 5.41) is 0. The Balaban J connectivity index is 2.76. The van der Waals surface area contributed by atoms with Crippen LogP contribution in [0.25, 0.3) is 0 Å². The lowest BCUT2D eigenvalue weighted by molar-refractivity contribution is 0.0532. The summed E-state index contributed by atoms with van der Waals surface area (Å²) in [7, 11) is 0. The first-order chi connectivity index (χ1) is 5.90. The molecule has 1 radical (unpaired) electrons. The molecule has 0 amide bonds. The van der Waals surface area contributed by atoms with Crippen molar-refractivity contribution in [1.82, 2.24) is 9.55 Å². The van der Waals surface area contributed by atoms with Crippen molar-refractivity contribution >= 4 is 6.09 Å². The van der Waals surface area contributed by atoms with Gasteiger partial charge in [-0.05, 0) is 27.7 Å². The van der Waals surface area contributed by atoms with Gasteiger partial charge in [-0.15, -0.1) is 0 Å². The van der Waals surface area contributed by atoms with E-state index in [1.165, 1.54) is 10.8 Å². The minimum absolute atomic E-state index is 0.442. The molecule has 1 aromatic rings. The Morgan fingerprint density at radius 2 is 2.23 bits per heavy atom. The quantitative estimate of drug-likeness (QED) is 0.612. The van der Waals surface area contributed by atoms with Gasteiger partial charge in [0.05, 0.1) is 12.4 Å². The van der Waals surface area contributed by atoms with Crippen LogP contribution >= 0.6 is 0 Å². The van der Waals surface area contributed by atoms with Crippen LogP contribution in [0.15, 0.2) is 6.20 Å². The number of imidazole rings is 1. The van der Waals surface area contributed by atoms with Crippen molar-refractivity contribution in [3.05, 3.63) is 18.2 Å². The minimum atomic E-state index is -0.484. The van der Waals surface area contributed by atoms with Gasteiger partial charge in [-0.1, -0.05) is 0 Å². The highest BCUT2D eigenvalue weighted by Gasteiger charge is 2.18. The Morgan fingerprint density at radius 1 is 1.62 bits per heavy atom. The molecule has 0 bridgehead atoms. The normalized spacial score (nSPS) is 11.4. The monoisotopic (exact) mass is 181 g/mol. The van der Waals surface area contributed by atoms with Gasteiger partial charge in [0.15, 0.2) is 0 Å². The van der Waals surface area contributed by atoms with Gasteiger partial charge >= 0.3 is 6.09 Å². The third-order valence-corrected chi connectivity index (χ3v) is 1.34. The molecular formula is C9H13N2O2. The fourth-order valence-electron chi connectivity index (χ4n) is 0.824. The SMILES string of the molecule is Cc1nc[c]n1C(=O)OC(C)(C)C. The molecule has 0 saturated carbocycles. The van der Waals surface area contributed by atoms with Gasteiger partial charge in [0, 0.05) is 0 Å². The molecule has 0 fully saturated rings. The number of hydrogen-bond donors (Lipinski definition) is 0. The van der Waals surface area contributed by atoms with Crippen molar-refractivity contribution < 1.29 is 9.53 Å². The lowest BCUT2D eigenvalue weighted by atomic mass is 10.2. The maximum atomic E-state index is 11.4. The van der Waals surface area contributed by atoms with Crippen molar-refractivity contribution in [2.75, 3.05) is 0 Å². The minimum Gasteiger partial charge on any atom is -0.443 e. The Labute approximate surface area is 77.5 Å². The predicted molar refractivity (Wildman–Crippen MR) is 47.4 cm³/mol. The number of rotatable bonds is 0. The Bertz CT molecular complexity index is 310. The summed E-state index contributed by atoms with van der Waals surface area (Å²) >= 11 is 0. The lowest BCUT2D eigenvalue weighted by Gasteiger charge is -2.19. The van der Waals surface area contributed by atoms with Gasteiger partial charge in [0.2, 0.25) is 0 Å². The molecule has 0 atom stereocenters. The number of hydrogen-bond acceptors (Lipinski definition) is 3. The first-order valence-electron chi connectivity index (χ1n) is 4.05. The maximum Gasteiger partial charge on any atom is 0.420 e. The number of ether oxygens (including phenoxy) is 1. The molecule has 4 nitrogen and oxygen atoms in total. The second kappa shape index (κ2) is 3.20. The van der Waals surface area contributed by atoms with Crippen molar-refractivity contribution in [2.24, 2.45) is 0 Å². The van der Waals surface area contributed by atoms with E-state index in [0.29, 0.717) is 5.82 Å². The molecule has 0 N–H and O–H groups in total. The zero-order chi connectivity index (χ0) is 10.1. The smallest absolute Gasteiger partial charge is 0.420 e. The van der Waals surface area contributed by atoms with Crippen LogP contribution in [-0.4, -0.2) is 21.2 Å². The number of nitrogens with zero attached hydrogens (tertiary/aromatic N) is 2. The Morgan fingerprint density at radius 3 is 2.62 bits per heavy atom. The maximum absolute atomic E-state index is 11.4. The second-order valence-electron chi connectivity index (χ2n) is 3.75. The zero-order valence-electron chi connectivity index (χ0n) is 8.29. The number of aromatic nitrogens is 2. The highest BCUT2D eigenvalue weighted by atomic mass is 16.6. The first kappa shape index (κ1) is 9.77. The van der Waals surface area contributed by atoms with Crippen LogP contribution in [0.3, 0.4) is 0 Å². The van der Waals surface area contributed by atoms with Crippen LogP contribution in [0.4, 0.5) is 4.79 Å². The fraction of sp³-hybridized carbons (Fsp3) is 0.556. The van der Waals surface area contributed by atoms with Crippen LogP contribution in [0.2, 0.25) is 0 Å². The molecule has 1 rings (SSSR count). The third kappa shape index (κ3) is 2.57. The van der Waals surface area contributed by atoms with Gasteiger partial charge in [-0.25, -0.2) is 14.3 Å². The van der Waals surface area contributed by atoms with Crippen LogP contribution in [0.1, 0.15) is 26.6 Å². The number of aryl methyl sites for hydroxylation is 1. The Hall–Kier alpha value is -1.32. The molecule has 0 saturated heterocycles. The van der Waals surface area contributed by atoms with Crippen LogP contribution in [-0.2, 0) is 4.74 Å². The van der Waals surface area contributed by atoms with Gasteiger partial charge in [0.1, 0.15) is 11.4 Å². The summed E-state index contributed by atoms with van der Waals surface area (Å²) in [6.07, 6.45) is 3.66. The summed E-state index contributed by atoms with van der Waals surface area (Å²) in [5.41, 5.74) is -0.484. The lowest BCUT2D eigenvalue weighted by Crippen LogP contribution is -2.27. The first-order valence-corrected chi connectivity index (χ1v) is 4.05. The van der Waals surface area contributed by atoms with Crippen molar-refractivity contribution in [3.63, 3.8) is 0 Å². The second-order valence-corrected chi connectivity index (χ2v) is 3.75. The highest BCUT2D eigenvalue weighted by Crippen LogP contribution is 2.09. The number of carbonyl (C=O) groups excluding carboxylic acids is 1. The van der Waals surface area contributed by atoms with E-state index in [1.54, 1.807) is 6.92 Å². The number of carbonyl (C=O) groups is 1. The third-order valence-electron chi connectivity index (χ3n) is 1.34. The van der Waals surface area contributed by atoms with E-state index in [2.05, 4.69) is 11.2 Å². The van der Waals surface area contributed by atoms with Gasteiger partial charge in [0.25, 0.3) is 0 Å². The topological polar surface area (TPSA) is 44.1 Å². The van der Waals surface area contributed by atoms with Gasteiger partial charge < -0.3 is 4.74 Å². The van der Waals surface area contributed by atoms with Crippen LogP contribution < -0.4 is 0 Å². The summed E-state index contributed by atoms with van der Waals surface area (Å²) < 4.78 is 6.37. The molecule has 0 aliphatic heterocycles. The molecule has 71 valence electrons. The summed E-state index contributed by atoms with van der Waals surface area (Å²) in [6, 6.07) is 0. The average Bonchev–Trinajstić information content (AvgIpc) is 2.30. The van der Waals surface area contributed by atoms with Crippen molar-refractivity contribution in [2.45, 2.75) is 33.3 Å². The van der Waals surface area contributed by atoms with E-state index in [9.17, 15) is 4.79 Å². The molecular weight excluding hydrogens is 168 g/mol. The summed E-state index contributed by atoms with van der Waals surface area (Å²) in [6.45, 7) is 7.17. The molecule has 4 heteroatoms. The van der Waals surface area contributed by atoms with E-state index in [4.69, 9.17) is 4.74 Å². The van der Waals surface area contributed by atoms with Crippen molar-refractivity contribution in [1.29, 1.82) is 0 Å². The largest absolute Gasteiger partial charge is 0.443 e. The van der Waals surface area contributed by atoms with E-state index in [1.807, 2.05) is 20.8 Å². The Kier molecular flexibility index (Phi) is 2.40. The predicted octanol–water partition coefficient (Wildman–Crippen LogP) is 1.77. The average molecular weight is 181 g/mol. The summed E-state index contributed by atoms with van der Waals surface area (Å²) in [5.74, 6) is 0.578. The molecule has 0 aliphatic rings. The molecule has 13 heavy (non-hydrogen) atoms.